The van der Waals surface area contributed by atoms with Crippen molar-refractivity contribution < 1.29 is 4.74 Å². The summed E-state index contributed by atoms with van der Waals surface area (Å²) in [6.45, 7) is 13.5. The third-order valence-electron chi connectivity index (χ3n) is 4.75. The van der Waals surface area contributed by atoms with Crippen LogP contribution in [-0.2, 0) is 4.74 Å². The molecule has 0 aliphatic carbocycles. The van der Waals surface area contributed by atoms with E-state index in [9.17, 15) is 0 Å². The molecule has 2 fully saturated rings. The first-order chi connectivity index (χ1) is 11.1. The minimum Gasteiger partial charge on any atom is -0.373 e. The predicted molar refractivity (Wildman–Crippen MR) is 96.1 cm³/mol. The summed E-state index contributed by atoms with van der Waals surface area (Å²) in [4.78, 5) is 9.68. The summed E-state index contributed by atoms with van der Waals surface area (Å²) in [6.07, 6.45) is 3.52. The van der Waals surface area contributed by atoms with Crippen molar-refractivity contribution in [1.29, 1.82) is 0 Å². The summed E-state index contributed by atoms with van der Waals surface area (Å²) in [5.41, 5.74) is -0.0717. The van der Waals surface area contributed by atoms with E-state index in [-0.39, 0.29) is 5.60 Å². The molecule has 0 aromatic heterocycles. The molecule has 0 spiro atoms. The lowest BCUT2D eigenvalue weighted by molar-refractivity contribution is 0.0283. The van der Waals surface area contributed by atoms with Gasteiger partial charge < -0.3 is 25.2 Å². The number of guanidine groups is 1. The minimum atomic E-state index is -0.0717. The first-order valence-electron chi connectivity index (χ1n) is 9.18. The van der Waals surface area contributed by atoms with Gasteiger partial charge in [-0.1, -0.05) is 0 Å². The van der Waals surface area contributed by atoms with Crippen LogP contribution in [0.2, 0.25) is 0 Å². The van der Waals surface area contributed by atoms with Gasteiger partial charge in [-0.2, -0.15) is 0 Å². The first-order valence-corrected chi connectivity index (χ1v) is 9.18. The second-order valence-electron chi connectivity index (χ2n) is 7.02. The van der Waals surface area contributed by atoms with Crippen molar-refractivity contribution >= 4 is 5.96 Å². The zero-order chi connectivity index (χ0) is 16.5. The van der Waals surface area contributed by atoms with Gasteiger partial charge in [-0.25, -0.2) is 0 Å². The number of hydrogen-bond donors (Lipinski definition) is 2. The molecule has 0 radical (unpaired) electrons. The smallest absolute Gasteiger partial charge is 0.191 e. The van der Waals surface area contributed by atoms with Crippen molar-refractivity contribution in [2.75, 3.05) is 66.0 Å². The maximum atomic E-state index is 5.82. The van der Waals surface area contributed by atoms with Gasteiger partial charge in [-0.3, -0.25) is 4.99 Å². The van der Waals surface area contributed by atoms with Gasteiger partial charge in [-0.05, 0) is 53.2 Å². The Labute approximate surface area is 141 Å². The van der Waals surface area contributed by atoms with E-state index in [4.69, 9.17) is 9.73 Å². The van der Waals surface area contributed by atoms with E-state index >= 15 is 0 Å². The molecule has 0 amide bonds. The van der Waals surface area contributed by atoms with E-state index in [1.165, 1.54) is 26.1 Å². The van der Waals surface area contributed by atoms with E-state index in [2.05, 4.69) is 41.3 Å². The molecule has 2 heterocycles. The number of rotatable bonds is 6. The van der Waals surface area contributed by atoms with Crippen LogP contribution >= 0.6 is 0 Å². The third kappa shape index (κ3) is 6.65. The highest BCUT2D eigenvalue weighted by atomic mass is 16.5. The largest absolute Gasteiger partial charge is 0.373 e. The van der Waals surface area contributed by atoms with E-state index in [1.54, 1.807) is 0 Å². The Bertz CT molecular complexity index is 368. The van der Waals surface area contributed by atoms with Crippen molar-refractivity contribution in [1.82, 2.24) is 20.4 Å². The zero-order valence-corrected chi connectivity index (χ0v) is 15.2. The molecule has 0 saturated carbocycles. The van der Waals surface area contributed by atoms with E-state index in [0.29, 0.717) is 0 Å². The second kappa shape index (κ2) is 9.45. The van der Waals surface area contributed by atoms with Crippen molar-refractivity contribution in [3.05, 3.63) is 0 Å². The third-order valence-corrected chi connectivity index (χ3v) is 4.75. The average molecular weight is 326 g/mol. The molecule has 2 rings (SSSR count). The van der Waals surface area contributed by atoms with Crippen LogP contribution in [0.4, 0.5) is 0 Å². The van der Waals surface area contributed by atoms with Crippen LogP contribution in [-0.4, -0.2) is 87.4 Å². The van der Waals surface area contributed by atoms with Gasteiger partial charge in [0.1, 0.15) is 0 Å². The van der Waals surface area contributed by atoms with Gasteiger partial charge >= 0.3 is 0 Å². The normalized spacial score (nSPS) is 27.9. The molecule has 2 aliphatic heterocycles. The molecule has 23 heavy (non-hydrogen) atoms. The highest BCUT2D eigenvalue weighted by molar-refractivity contribution is 5.79. The fourth-order valence-electron chi connectivity index (χ4n) is 3.21. The lowest BCUT2D eigenvalue weighted by Crippen LogP contribution is -2.43. The van der Waals surface area contributed by atoms with E-state index < -0.39 is 0 Å². The Morgan fingerprint density at radius 1 is 1.17 bits per heavy atom. The van der Waals surface area contributed by atoms with Gasteiger partial charge in [0, 0.05) is 39.3 Å². The van der Waals surface area contributed by atoms with Crippen molar-refractivity contribution in [2.45, 2.75) is 38.7 Å². The molecule has 0 aromatic carbocycles. The minimum absolute atomic E-state index is 0.0717. The molecule has 2 saturated heterocycles. The topological polar surface area (TPSA) is 52.1 Å². The molecular weight excluding hydrogens is 290 g/mol. The summed E-state index contributed by atoms with van der Waals surface area (Å²) >= 11 is 0. The van der Waals surface area contributed by atoms with Crippen molar-refractivity contribution in [3.63, 3.8) is 0 Å². The Balaban J connectivity index is 1.73. The number of nitrogens with one attached hydrogen (secondary N) is 2. The Morgan fingerprint density at radius 3 is 2.78 bits per heavy atom. The van der Waals surface area contributed by atoms with Crippen LogP contribution in [0.25, 0.3) is 0 Å². The molecule has 1 unspecified atom stereocenters. The summed E-state index contributed by atoms with van der Waals surface area (Å²) in [5, 5.41) is 6.81. The van der Waals surface area contributed by atoms with Gasteiger partial charge in [0.25, 0.3) is 0 Å². The SMILES string of the molecule is CCNC(=NCC1(C)CCCO1)NCCN1CCCN(C)CC1. The fraction of sp³-hybridized carbons (Fsp3) is 0.941. The van der Waals surface area contributed by atoms with Crippen LogP contribution in [0.1, 0.15) is 33.1 Å². The summed E-state index contributed by atoms with van der Waals surface area (Å²) < 4.78 is 5.82. The van der Waals surface area contributed by atoms with E-state index in [0.717, 1.165) is 58.1 Å². The van der Waals surface area contributed by atoms with Gasteiger partial charge in [0.05, 0.1) is 12.1 Å². The van der Waals surface area contributed by atoms with Crippen LogP contribution < -0.4 is 10.6 Å². The quantitative estimate of drug-likeness (QED) is 0.557. The van der Waals surface area contributed by atoms with Gasteiger partial charge in [0.2, 0.25) is 0 Å². The first kappa shape index (κ1) is 18.5. The number of aliphatic imine (C=N–C) groups is 1. The zero-order valence-electron chi connectivity index (χ0n) is 15.2. The number of likely N-dealkylation sites (N-methyl/N-ethyl adjacent to an activating group) is 1. The van der Waals surface area contributed by atoms with Crippen LogP contribution in [0.3, 0.4) is 0 Å². The maximum Gasteiger partial charge on any atom is 0.191 e. The fourth-order valence-corrected chi connectivity index (χ4v) is 3.21. The molecule has 6 nitrogen and oxygen atoms in total. The maximum absolute atomic E-state index is 5.82. The predicted octanol–water partition coefficient (Wildman–Crippen LogP) is 0.748. The summed E-state index contributed by atoms with van der Waals surface area (Å²) in [7, 11) is 2.21. The van der Waals surface area contributed by atoms with E-state index in [1.807, 2.05) is 0 Å². The Hall–Kier alpha value is -0.850. The highest BCUT2D eigenvalue weighted by Crippen LogP contribution is 2.24. The Kier molecular flexibility index (Phi) is 7.59. The molecule has 2 N–H and O–H groups in total. The van der Waals surface area contributed by atoms with Crippen LogP contribution in [0, 0.1) is 0 Å². The monoisotopic (exact) mass is 325 g/mol. The molecule has 1 atom stereocenters. The lowest BCUT2D eigenvalue weighted by atomic mass is 10.0. The molecular formula is C17H35N5O. The van der Waals surface area contributed by atoms with Crippen LogP contribution in [0.5, 0.6) is 0 Å². The lowest BCUT2D eigenvalue weighted by Gasteiger charge is -2.23. The van der Waals surface area contributed by atoms with Crippen LogP contribution in [0.15, 0.2) is 4.99 Å². The second-order valence-corrected chi connectivity index (χ2v) is 7.02. The standard InChI is InChI=1S/C17H35N5O/c1-4-18-16(20-15-17(2)7-5-14-23-17)19-8-11-22-10-6-9-21(3)12-13-22/h4-15H2,1-3H3,(H2,18,19,20). The summed E-state index contributed by atoms with van der Waals surface area (Å²) in [5.74, 6) is 0.913. The van der Waals surface area contributed by atoms with Gasteiger partial charge in [0.15, 0.2) is 5.96 Å². The van der Waals surface area contributed by atoms with Crippen molar-refractivity contribution in [3.8, 4) is 0 Å². The average Bonchev–Trinajstić information content (AvgIpc) is 2.86. The molecule has 0 aromatic rings. The highest BCUT2D eigenvalue weighted by Gasteiger charge is 2.29. The molecule has 0 bridgehead atoms. The van der Waals surface area contributed by atoms with Gasteiger partial charge in [-0.15, -0.1) is 0 Å². The number of hydrogen-bond acceptors (Lipinski definition) is 4. The number of ether oxygens (including phenoxy) is 1. The van der Waals surface area contributed by atoms with Crippen molar-refractivity contribution in [2.24, 2.45) is 4.99 Å². The summed E-state index contributed by atoms with van der Waals surface area (Å²) in [6, 6.07) is 0. The molecule has 2 aliphatic rings. The Morgan fingerprint density at radius 2 is 2.04 bits per heavy atom. The molecule has 134 valence electrons. The molecule has 6 heteroatoms. The number of nitrogens with zero attached hydrogens (tertiary/aromatic N) is 3.